The normalized spacial score (nSPS) is 22.1. The molecule has 0 amide bonds. The van der Waals surface area contributed by atoms with Gasteiger partial charge < -0.3 is 9.64 Å². The molecule has 5 nitrogen and oxygen atoms in total. The monoisotopic (exact) mass is 362 g/mol. The van der Waals surface area contributed by atoms with E-state index in [9.17, 15) is 8.42 Å². The Balaban J connectivity index is 1.68. The summed E-state index contributed by atoms with van der Waals surface area (Å²) in [6.07, 6.45) is -0.217. The van der Waals surface area contributed by atoms with Gasteiger partial charge in [-0.2, -0.15) is 8.42 Å². The molecular formula is C17H15ClN2O3S. The molecule has 1 saturated heterocycles. The molecule has 0 bridgehead atoms. The zero-order valence-corrected chi connectivity index (χ0v) is 14.3. The predicted molar refractivity (Wildman–Crippen MR) is 91.9 cm³/mol. The van der Waals surface area contributed by atoms with Crippen LogP contribution in [-0.4, -0.2) is 38.8 Å². The van der Waals surface area contributed by atoms with Gasteiger partial charge in [0.05, 0.1) is 6.61 Å². The molecule has 0 aromatic heterocycles. The molecule has 4 rings (SSSR count). The van der Waals surface area contributed by atoms with Crippen molar-refractivity contribution in [1.29, 1.82) is 0 Å². The maximum absolute atomic E-state index is 12.2. The van der Waals surface area contributed by atoms with Gasteiger partial charge in [-0.3, -0.25) is 0 Å². The maximum atomic E-state index is 12.2. The number of hydrogen-bond donors (Lipinski definition) is 0. The highest BCUT2D eigenvalue weighted by Crippen LogP contribution is 2.32. The van der Waals surface area contributed by atoms with Gasteiger partial charge in [0.2, 0.25) is 0 Å². The van der Waals surface area contributed by atoms with Crippen molar-refractivity contribution in [3.8, 4) is 0 Å². The molecule has 0 aliphatic carbocycles. The lowest BCUT2D eigenvalue weighted by atomic mass is 10.1. The second kappa shape index (κ2) is 5.88. The second-order valence-corrected chi connectivity index (χ2v) is 7.69. The molecule has 2 heterocycles. The summed E-state index contributed by atoms with van der Waals surface area (Å²) in [6, 6.07) is 14.4. The fourth-order valence-corrected chi connectivity index (χ4v) is 4.57. The van der Waals surface area contributed by atoms with Crippen molar-refractivity contribution in [2.45, 2.75) is 11.0 Å². The van der Waals surface area contributed by atoms with Gasteiger partial charge in [0.25, 0.3) is 10.0 Å². The Morgan fingerprint density at radius 2 is 1.88 bits per heavy atom. The van der Waals surface area contributed by atoms with Gasteiger partial charge in [0.1, 0.15) is 11.0 Å². The van der Waals surface area contributed by atoms with Crippen molar-refractivity contribution in [3.63, 3.8) is 0 Å². The van der Waals surface area contributed by atoms with Crippen LogP contribution in [0.1, 0.15) is 17.2 Å². The molecule has 124 valence electrons. The minimum absolute atomic E-state index is 0.217. The molecule has 2 aliphatic heterocycles. The van der Waals surface area contributed by atoms with Gasteiger partial charge >= 0.3 is 0 Å². The second-order valence-electron chi connectivity index (χ2n) is 5.71. The molecule has 2 aliphatic rings. The summed E-state index contributed by atoms with van der Waals surface area (Å²) < 4.78 is 34.3. The van der Waals surface area contributed by atoms with Crippen molar-refractivity contribution < 1.29 is 13.2 Å². The third kappa shape index (κ3) is 2.60. The van der Waals surface area contributed by atoms with E-state index in [-0.39, 0.29) is 11.0 Å². The van der Waals surface area contributed by atoms with Crippen molar-refractivity contribution in [2.75, 3.05) is 19.7 Å². The first-order valence-corrected chi connectivity index (χ1v) is 9.43. The number of amidine groups is 1. The number of hydrogen-bond acceptors (Lipinski definition) is 4. The number of ether oxygens (including phenoxy) is 1. The van der Waals surface area contributed by atoms with Crippen molar-refractivity contribution in [1.82, 2.24) is 4.90 Å². The average Bonchev–Trinajstić information content (AvgIpc) is 2.87. The van der Waals surface area contributed by atoms with E-state index < -0.39 is 10.0 Å². The summed E-state index contributed by atoms with van der Waals surface area (Å²) >= 11 is 6.27. The number of sulfonamides is 1. The molecule has 2 aromatic carbocycles. The lowest BCUT2D eigenvalue weighted by Crippen LogP contribution is -2.42. The SMILES string of the molecule is O=S1(=O)N=C(N2CCOC(c3ccccc3Cl)C2)c2ccccc21. The van der Waals surface area contributed by atoms with Crippen LogP contribution in [-0.2, 0) is 14.8 Å². The highest BCUT2D eigenvalue weighted by atomic mass is 35.5. The molecule has 7 heteroatoms. The van der Waals surface area contributed by atoms with Crippen LogP contribution in [0.2, 0.25) is 5.02 Å². The number of fused-ring (bicyclic) bond motifs is 1. The van der Waals surface area contributed by atoms with E-state index in [4.69, 9.17) is 16.3 Å². The van der Waals surface area contributed by atoms with Crippen LogP contribution in [0, 0.1) is 0 Å². The minimum Gasteiger partial charge on any atom is -0.370 e. The Morgan fingerprint density at radius 3 is 2.71 bits per heavy atom. The summed E-state index contributed by atoms with van der Waals surface area (Å²) in [5.41, 5.74) is 1.55. The summed E-state index contributed by atoms with van der Waals surface area (Å²) in [5.74, 6) is 0.492. The van der Waals surface area contributed by atoms with Crippen molar-refractivity contribution in [3.05, 3.63) is 64.7 Å². The van der Waals surface area contributed by atoms with Crippen LogP contribution in [0.25, 0.3) is 0 Å². The number of halogens is 1. The predicted octanol–water partition coefficient (Wildman–Crippen LogP) is 2.86. The largest absolute Gasteiger partial charge is 0.370 e. The highest BCUT2D eigenvalue weighted by Gasteiger charge is 2.34. The van der Waals surface area contributed by atoms with Crippen molar-refractivity contribution >= 4 is 27.5 Å². The third-order valence-electron chi connectivity index (χ3n) is 4.23. The van der Waals surface area contributed by atoms with Gasteiger partial charge in [-0.15, -0.1) is 4.40 Å². The molecule has 1 atom stereocenters. The minimum atomic E-state index is -3.61. The van der Waals surface area contributed by atoms with Crippen LogP contribution >= 0.6 is 11.6 Å². The quantitative estimate of drug-likeness (QED) is 0.782. The van der Waals surface area contributed by atoms with Crippen molar-refractivity contribution in [2.24, 2.45) is 4.40 Å². The molecule has 0 saturated carbocycles. The fourth-order valence-electron chi connectivity index (χ4n) is 3.08. The number of nitrogens with zero attached hydrogens (tertiary/aromatic N) is 2. The standard InChI is InChI=1S/C17H15ClN2O3S/c18-14-7-3-1-5-12(14)15-11-20(9-10-23-15)17-13-6-2-4-8-16(13)24(21,22)19-17/h1-8,15H,9-11H2. The molecule has 0 radical (unpaired) electrons. The van der Waals surface area contributed by atoms with E-state index in [2.05, 4.69) is 4.40 Å². The summed E-state index contributed by atoms with van der Waals surface area (Å²) in [6.45, 7) is 1.58. The van der Waals surface area contributed by atoms with Crippen LogP contribution in [0.3, 0.4) is 0 Å². The third-order valence-corrected chi connectivity index (χ3v) is 5.90. The van der Waals surface area contributed by atoms with Gasteiger partial charge in [-0.05, 0) is 18.2 Å². The first kappa shape index (κ1) is 15.6. The van der Waals surface area contributed by atoms with Crippen LogP contribution in [0.5, 0.6) is 0 Å². The van der Waals surface area contributed by atoms with Gasteiger partial charge in [-0.1, -0.05) is 41.9 Å². The Bertz CT molecular complexity index is 927. The lowest BCUT2D eigenvalue weighted by molar-refractivity contribution is -0.00657. The Hall–Kier alpha value is -1.89. The van der Waals surface area contributed by atoms with Crippen LogP contribution in [0.15, 0.2) is 57.8 Å². The zero-order chi connectivity index (χ0) is 16.7. The van der Waals surface area contributed by atoms with E-state index in [1.165, 1.54) is 0 Å². The van der Waals surface area contributed by atoms with Crippen LogP contribution in [0.4, 0.5) is 0 Å². The van der Waals surface area contributed by atoms with Gasteiger partial charge in [-0.25, -0.2) is 0 Å². The van der Waals surface area contributed by atoms with Crippen LogP contribution < -0.4 is 0 Å². The number of rotatable bonds is 1. The molecule has 1 fully saturated rings. The molecule has 2 aromatic rings. The Labute approximate surface area is 145 Å². The van der Waals surface area contributed by atoms with E-state index in [1.54, 1.807) is 18.2 Å². The van der Waals surface area contributed by atoms with E-state index in [0.29, 0.717) is 36.1 Å². The number of benzene rings is 2. The fraction of sp³-hybridized carbons (Fsp3) is 0.235. The Kier molecular flexibility index (Phi) is 3.83. The highest BCUT2D eigenvalue weighted by molar-refractivity contribution is 7.90. The topological polar surface area (TPSA) is 59.0 Å². The maximum Gasteiger partial charge on any atom is 0.285 e. The molecular weight excluding hydrogens is 348 g/mol. The van der Waals surface area contributed by atoms with Gasteiger partial charge in [0, 0.05) is 29.2 Å². The molecule has 0 spiro atoms. The summed E-state index contributed by atoms with van der Waals surface area (Å²) in [4.78, 5) is 2.22. The summed E-state index contributed by atoms with van der Waals surface area (Å²) in [5, 5.41) is 0.644. The number of morpholine rings is 1. The van der Waals surface area contributed by atoms with E-state index in [0.717, 1.165) is 5.56 Å². The smallest absolute Gasteiger partial charge is 0.285 e. The summed E-state index contributed by atoms with van der Waals surface area (Å²) in [7, 11) is -3.61. The molecule has 24 heavy (non-hydrogen) atoms. The molecule has 1 unspecified atom stereocenters. The first-order valence-electron chi connectivity index (χ1n) is 7.61. The lowest BCUT2D eigenvalue weighted by Gasteiger charge is -2.34. The van der Waals surface area contributed by atoms with E-state index >= 15 is 0 Å². The zero-order valence-electron chi connectivity index (χ0n) is 12.7. The van der Waals surface area contributed by atoms with Gasteiger partial charge in [0.15, 0.2) is 5.84 Å². The Morgan fingerprint density at radius 1 is 1.12 bits per heavy atom. The average molecular weight is 363 g/mol. The molecule has 0 N–H and O–H groups in total. The first-order chi connectivity index (χ1) is 11.6. The van der Waals surface area contributed by atoms with E-state index in [1.807, 2.05) is 35.2 Å².